The predicted molar refractivity (Wildman–Crippen MR) is 84.9 cm³/mol. The number of hydrogen-bond donors (Lipinski definition) is 1. The van der Waals surface area contributed by atoms with E-state index in [0.29, 0.717) is 0 Å². The van der Waals surface area contributed by atoms with Gasteiger partial charge in [0.15, 0.2) is 0 Å². The average molecular weight is 283 g/mol. The fourth-order valence-electron chi connectivity index (χ4n) is 3.24. The first kappa shape index (κ1) is 16.7. The van der Waals surface area contributed by atoms with E-state index in [9.17, 15) is 5.11 Å². The Morgan fingerprint density at radius 3 is 2.26 bits per heavy atom. The second kappa shape index (κ2) is 8.03. The van der Waals surface area contributed by atoms with E-state index in [2.05, 4.69) is 50.1 Å². The molecule has 0 saturated carbocycles. The van der Waals surface area contributed by atoms with E-state index in [-0.39, 0.29) is 11.6 Å². The second-order valence-electron chi connectivity index (χ2n) is 5.12. The summed E-state index contributed by atoms with van der Waals surface area (Å²) in [5.74, 6) is 0. The van der Waals surface area contributed by atoms with Crippen LogP contribution in [0.4, 0.5) is 0 Å². The van der Waals surface area contributed by atoms with Crippen molar-refractivity contribution in [1.29, 1.82) is 0 Å². The summed E-state index contributed by atoms with van der Waals surface area (Å²) in [5, 5.41) is 12.9. The maximum Gasteiger partial charge on any atom is 0.0727 e. The van der Waals surface area contributed by atoms with Gasteiger partial charge in [-0.2, -0.15) is 0 Å². The molecule has 1 heterocycles. The summed E-state index contributed by atoms with van der Waals surface area (Å²) in [7, 11) is 0. The van der Waals surface area contributed by atoms with Crippen LogP contribution in [-0.2, 0) is 6.42 Å². The number of aliphatic hydroxyl groups excluding tert-OH is 1. The molecule has 19 heavy (non-hydrogen) atoms. The molecule has 1 rings (SSSR count). The molecular formula is C16H29NOS. The summed E-state index contributed by atoms with van der Waals surface area (Å²) in [6.45, 7) is 10.8. The second-order valence-corrected chi connectivity index (χ2v) is 6.15. The van der Waals surface area contributed by atoms with Crippen molar-refractivity contribution in [2.75, 3.05) is 13.1 Å². The smallest absolute Gasteiger partial charge is 0.0727 e. The number of rotatable bonds is 9. The molecule has 110 valence electrons. The van der Waals surface area contributed by atoms with E-state index in [1.54, 1.807) is 11.3 Å². The van der Waals surface area contributed by atoms with E-state index < -0.39 is 0 Å². The Kier molecular flexibility index (Phi) is 7.05. The van der Waals surface area contributed by atoms with Crippen LogP contribution in [0.25, 0.3) is 0 Å². The highest BCUT2D eigenvalue weighted by molar-refractivity contribution is 7.09. The lowest BCUT2D eigenvalue weighted by atomic mass is 9.82. The predicted octanol–water partition coefficient (Wildman–Crippen LogP) is 3.94. The molecule has 0 radical (unpaired) electrons. The first-order valence-electron chi connectivity index (χ1n) is 7.60. The molecule has 0 aliphatic carbocycles. The van der Waals surface area contributed by atoms with Crippen LogP contribution in [0.2, 0.25) is 0 Å². The van der Waals surface area contributed by atoms with Crippen LogP contribution in [0, 0.1) is 0 Å². The zero-order valence-electron chi connectivity index (χ0n) is 12.9. The van der Waals surface area contributed by atoms with Crippen molar-refractivity contribution in [3.05, 3.63) is 22.4 Å². The zero-order chi connectivity index (χ0) is 14.3. The number of aliphatic hydroxyl groups is 1. The van der Waals surface area contributed by atoms with E-state index in [4.69, 9.17) is 0 Å². The number of aryl methyl sites for hydroxylation is 1. The molecule has 1 aromatic rings. The van der Waals surface area contributed by atoms with Crippen LogP contribution in [-0.4, -0.2) is 34.7 Å². The standard InChI is InChI=1S/C16H29NOS/c1-5-16(6-2,17(7-3)8-4)15(18)12-11-14-10-9-13-19-14/h9-10,13,15,18H,5-8,11-12H2,1-4H3. The molecule has 0 bridgehead atoms. The minimum atomic E-state index is -0.246. The first-order valence-corrected chi connectivity index (χ1v) is 8.48. The Morgan fingerprint density at radius 1 is 1.21 bits per heavy atom. The highest BCUT2D eigenvalue weighted by Gasteiger charge is 2.38. The average Bonchev–Trinajstić information content (AvgIpc) is 2.95. The lowest BCUT2D eigenvalue weighted by Gasteiger charge is -2.46. The van der Waals surface area contributed by atoms with Crippen molar-refractivity contribution in [2.45, 2.75) is 65.0 Å². The molecule has 0 fully saturated rings. The number of thiophene rings is 1. The molecule has 0 aliphatic heterocycles. The third-order valence-corrected chi connectivity index (χ3v) is 5.42. The van der Waals surface area contributed by atoms with Crippen molar-refractivity contribution in [3.63, 3.8) is 0 Å². The van der Waals surface area contributed by atoms with Crippen LogP contribution in [0.3, 0.4) is 0 Å². The maximum absolute atomic E-state index is 10.8. The fourth-order valence-corrected chi connectivity index (χ4v) is 3.96. The van der Waals surface area contributed by atoms with Gasteiger partial charge >= 0.3 is 0 Å². The Morgan fingerprint density at radius 2 is 1.84 bits per heavy atom. The van der Waals surface area contributed by atoms with Crippen LogP contribution >= 0.6 is 11.3 Å². The van der Waals surface area contributed by atoms with Gasteiger partial charge in [-0.25, -0.2) is 0 Å². The third-order valence-electron chi connectivity index (χ3n) is 4.48. The Hall–Kier alpha value is -0.380. The van der Waals surface area contributed by atoms with Crippen molar-refractivity contribution < 1.29 is 5.11 Å². The summed E-state index contributed by atoms with van der Waals surface area (Å²) in [6, 6.07) is 4.25. The van der Waals surface area contributed by atoms with E-state index in [0.717, 1.165) is 38.8 Å². The molecule has 1 N–H and O–H groups in total. The van der Waals surface area contributed by atoms with Gasteiger partial charge < -0.3 is 5.11 Å². The summed E-state index contributed by atoms with van der Waals surface area (Å²) in [5.41, 5.74) is -0.0548. The number of hydrogen-bond acceptors (Lipinski definition) is 3. The molecule has 0 aliphatic rings. The summed E-state index contributed by atoms with van der Waals surface area (Å²) >= 11 is 1.79. The number of likely N-dealkylation sites (N-methyl/N-ethyl adjacent to an activating group) is 1. The third kappa shape index (κ3) is 3.80. The topological polar surface area (TPSA) is 23.5 Å². The Bertz CT molecular complexity index is 329. The highest BCUT2D eigenvalue weighted by atomic mass is 32.1. The van der Waals surface area contributed by atoms with Gasteiger partial charge in [0.25, 0.3) is 0 Å². The minimum absolute atomic E-state index is 0.0548. The van der Waals surface area contributed by atoms with Gasteiger partial charge in [-0.15, -0.1) is 11.3 Å². The summed E-state index contributed by atoms with van der Waals surface area (Å²) in [6.07, 6.45) is 3.62. The lowest BCUT2D eigenvalue weighted by Crippen LogP contribution is -2.56. The van der Waals surface area contributed by atoms with Gasteiger partial charge in [0.05, 0.1) is 6.10 Å². The molecule has 0 spiro atoms. The molecule has 1 atom stereocenters. The Balaban J connectivity index is 2.73. The van der Waals surface area contributed by atoms with Crippen LogP contribution in [0.5, 0.6) is 0 Å². The monoisotopic (exact) mass is 283 g/mol. The fraction of sp³-hybridized carbons (Fsp3) is 0.750. The van der Waals surface area contributed by atoms with Crippen LogP contribution < -0.4 is 0 Å². The van der Waals surface area contributed by atoms with E-state index >= 15 is 0 Å². The first-order chi connectivity index (χ1) is 9.14. The minimum Gasteiger partial charge on any atom is -0.391 e. The van der Waals surface area contributed by atoms with Crippen molar-refractivity contribution in [2.24, 2.45) is 0 Å². The Labute approximate surface area is 122 Å². The van der Waals surface area contributed by atoms with Gasteiger partial charge in [0.1, 0.15) is 0 Å². The molecule has 1 unspecified atom stereocenters. The van der Waals surface area contributed by atoms with Gasteiger partial charge in [0, 0.05) is 10.4 Å². The van der Waals surface area contributed by atoms with Gasteiger partial charge in [0.2, 0.25) is 0 Å². The molecule has 3 heteroatoms. The van der Waals surface area contributed by atoms with Gasteiger partial charge in [-0.3, -0.25) is 4.90 Å². The SMILES string of the molecule is CCN(CC)C(CC)(CC)C(O)CCc1cccs1. The van der Waals surface area contributed by atoms with E-state index in [1.165, 1.54) is 4.88 Å². The molecule has 0 amide bonds. The molecule has 0 aromatic carbocycles. The largest absolute Gasteiger partial charge is 0.391 e. The normalized spacial score (nSPS) is 14.0. The van der Waals surface area contributed by atoms with Crippen molar-refractivity contribution in [3.8, 4) is 0 Å². The molecule has 2 nitrogen and oxygen atoms in total. The zero-order valence-corrected chi connectivity index (χ0v) is 13.7. The quantitative estimate of drug-likeness (QED) is 0.742. The van der Waals surface area contributed by atoms with Crippen molar-refractivity contribution in [1.82, 2.24) is 4.90 Å². The molecular weight excluding hydrogens is 254 g/mol. The van der Waals surface area contributed by atoms with Gasteiger partial charge in [-0.1, -0.05) is 33.8 Å². The summed E-state index contributed by atoms with van der Waals surface area (Å²) < 4.78 is 0. The lowest BCUT2D eigenvalue weighted by molar-refractivity contribution is -0.0381. The molecule has 1 aromatic heterocycles. The number of nitrogens with zero attached hydrogens (tertiary/aromatic N) is 1. The summed E-state index contributed by atoms with van der Waals surface area (Å²) in [4.78, 5) is 3.81. The maximum atomic E-state index is 10.8. The van der Waals surface area contributed by atoms with Crippen molar-refractivity contribution >= 4 is 11.3 Å². The van der Waals surface area contributed by atoms with Crippen LogP contribution in [0.1, 0.15) is 51.8 Å². The highest BCUT2D eigenvalue weighted by Crippen LogP contribution is 2.30. The van der Waals surface area contributed by atoms with E-state index in [1.807, 2.05) is 0 Å². The van der Waals surface area contributed by atoms with Gasteiger partial charge in [-0.05, 0) is 50.2 Å². The van der Waals surface area contributed by atoms with Crippen LogP contribution in [0.15, 0.2) is 17.5 Å². The molecule has 0 saturated heterocycles.